The third-order valence-electron chi connectivity index (χ3n) is 5.74. The number of amides is 2. The van der Waals surface area contributed by atoms with E-state index in [9.17, 15) is 19.1 Å². The van der Waals surface area contributed by atoms with Gasteiger partial charge in [-0.1, -0.05) is 11.6 Å². The van der Waals surface area contributed by atoms with E-state index in [-0.39, 0.29) is 23.2 Å². The summed E-state index contributed by atoms with van der Waals surface area (Å²) in [6.45, 7) is 8.07. The zero-order valence-electron chi connectivity index (χ0n) is 20.1. The first kappa shape index (κ1) is 25.9. The largest absolute Gasteiger partial charge is 0.444 e. The molecule has 0 bridgehead atoms. The van der Waals surface area contributed by atoms with Crippen molar-refractivity contribution in [1.82, 2.24) is 15.6 Å². The van der Waals surface area contributed by atoms with Gasteiger partial charge < -0.3 is 20.5 Å². The number of alkyl carbamates (subject to hydrolysis) is 1. The third-order valence-corrected chi connectivity index (χ3v) is 6.03. The molecule has 0 spiro atoms. The van der Waals surface area contributed by atoms with E-state index in [2.05, 4.69) is 15.6 Å². The van der Waals surface area contributed by atoms with Crippen molar-refractivity contribution in [3.05, 3.63) is 52.4 Å². The number of nitrogens with zero attached hydrogens (tertiary/aromatic N) is 1. The number of aliphatic hydroxyl groups is 1. The van der Waals surface area contributed by atoms with E-state index in [1.807, 2.05) is 6.07 Å². The van der Waals surface area contributed by atoms with Crippen LogP contribution in [-0.2, 0) is 20.7 Å². The molecule has 9 heteroatoms. The summed E-state index contributed by atoms with van der Waals surface area (Å²) >= 11 is 6.00. The number of benzene rings is 1. The van der Waals surface area contributed by atoms with Gasteiger partial charge in [-0.3, -0.25) is 4.79 Å². The molecule has 1 fully saturated rings. The van der Waals surface area contributed by atoms with Crippen LogP contribution in [0.25, 0.3) is 11.3 Å². The lowest BCUT2D eigenvalue weighted by molar-refractivity contribution is -0.122. The first-order chi connectivity index (χ1) is 15.7. The summed E-state index contributed by atoms with van der Waals surface area (Å²) in [5, 5.41) is 16.8. The fourth-order valence-electron chi connectivity index (χ4n) is 3.89. The molecule has 3 N–H and O–H groups in total. The quantitative estimate of drug-likeness (QED) is 0.539. The van der Waals surface area contributed by atoms with Crippen molar-refractivity contribution in [3.63, 3.8) is 0 Å². The molecule has 0 radical (unpaired) electrons. The first-order valence-electron chi connectivity index (χ1n) is 11.2. The van der Waals surface area contributed by atoms with Crippen molar-refractivity contribution in [2.75, 3.05) is 6.54 Å². The van der Waals surface area contributed by atoms with Gasteiger partial charge in [0.05, 0.1) is 28.5 Å². The van der Waals surface area contributed by atoms with E-state index in [4.69, 9.17) is 16.3 Å². The van der Waals surface area contributed by atoms with Crippen LogP contribution in [0.1, 0.15) is 65.1 Å². The fourth-order valence-corrected chi connectivity index (χ4v) is 4.07. The summed E-state index contributed by atoms with van der Waals surface area (Å²) < 4.78 is 19.0. The molecule has 2 amide bonds. The third kappa shape index (κ3) is 6.04. The first-order valence-corrected chi connectivity index (χ1v) is 11.6. The van der Waals surface area contributed by atoms with Gasteiger partial charge in [-0.15, -0.1) is 0 Å². The van der Waals surface area contributed by atoms with E-state index in [1.54, 1.807) is 32.9 Å². The lowest BCUT2D eigenvalue weighted by Crippen LogP contribution is -2.50. The van der Waals surface area contributed by atoms with Crippen molar-refractivity contribution in [2.24, 2.45) is 0 Å². The Hall–Kier alpha value is -2.71. The van der Waals surface area contributed by atoms with Gasteiger partial charge in [0.15, 0.2) is 0 Å². The van der Waals surface area contributed by atoms with Gasteiger partial charge in [0.2, 0.25) is 5.91 Å². The minimum atomic E-state index is -1.56. The van der Waals surface area contributed by atoms with Crippen LogP contribution in [0.4, 0.5) is 9.18 Å². The molecule has 184 valence electrons. The second kappa shape index (κ2) is 9.50. The normalized spacial score (nSPS) is 16.7. The molecule has 0 aliphatic heterocycles. The van der Waals surface area contributed by atoms with Gasteiger partial charge >= 0.3 is 6.09 Å². The Labute approximate surface area is 204 Å². The lowest BCUT2D eigenvalue weighted by Gasteiger charge is -2.43. The van der Waals surface area contributed by atoms with Crippen LogP contribution in [0.15, 0.2) is 30.3 Å². The molecule has 34 heavy (non-hydrogen) atoms. The second-order valence-corrected chi connectivity index (χ2v) is 10.4. The van der Waals surface area contributed by atoms with Crippen LogP contribution in [0.3, 0.4) is 0 Å². The molecule has 1 atom stereocenters. The van der Waals surface area contributed by atoms with Crippen LogP contribution >= 0.6 is 11.6 Å². The van der Waals surface area contributed by atoms with E-state index in [1.165, 1.54) is 26.0 Å². The molecule has 3 rings (SSSR count). The van der Waals surface area contributed by atoms with Crippen molar-refractivity contribution >= 4 is 23.6 Å². The summed E-state index contributed by atoms with van der Waals surface area (Å²) in [4.78, 5) is 28.7. The van der Waals surface area contributed by atoms with Gasteiger partial charge in [-0.2, -0.15) is 0 Å². The number of pyridine rings is 1. The molecule has 2 aromatic rings. The Morgan fingerprint density at radius 1 is 1.21 bits per heavy atom. The average molecular weight is 492 g/mol. The summed E-state index contributed by atoms with van der Waals surface area (Å²) in [7, 11) is 0. The molecule has 1 saturated carbocycles. The lowest BCUT2D eigenvalue weighted by atomic mass is 9.71. The molecular formula is C25H31ClFN3O4. The predicted molar refractivity (Wildman–Crippen MR) is 128 cm³/mol. The number of rotatable bonds is 6. The minimum absolute atomic E-state index is 0.0511. The highest BCUT2D eigenvalue weighted by Crippen LogP contribution is 2.43. The van der Waals surface area contributed by atoms with Crippen molar-refractivity contribution in [2.45, 2.75) is 70.6 Å². The topological polar surface area (TPSA) is 101 Å². The molecule has 7 nitrogen and oxygen atoms in total. The van der Waals surface area contributed by atoms with Gasteiger partial charge in [0.25, 0.3) is 0 Å². The highest BCUT2D eigenvalue weighted by Gasteiger charge is 2.41. The predicted octanol–water partition coefficient (Wildman–Crippen LogP) is 4.79. The van der Waals surface area contributed by atoms with Gasteiger partial charge in [0, 0.05) is 12.5 Å². The van der Waals surface area contributed by atoms with E-state index < -0.39 is 28.7 Å². The summed E-state index contributed by atoms with van der Waals surface area (Å²) in [5.74, 6) is -0.716. The van der Waals surface area contributed by atoms with Crippen LogP contribution in [0.5, 0.6) is 0 Å². The van der Waals surface area contributed by atoms with Crippen LogP contribution in [0.2, 0.25) is 5.02 Å². The highest BCUT2D eigenvalue weighted by atomic mass is 35.5. The fraction of sp³-hybridized carbons (Fsp3) is 0.480. The molecule has 1 aromatic carbocycles. The summed E-state index contributed by atoms with van der Waals surface area (Å²) in [6, 6.07) is 7.82. The molecule has 1 heterocycles. The number of halogens is 2. The Balaban J connectivity index is 2.02. The van der Waals surface area contributed by atoms with Crippen LogP contribution in [-0.4, -0.2) is 34.2 Å². The molecule has 1 aromatic heterocycles. The van der Waals surface area contributed by atoms with Crippen molar-refractivity contribution in [1.29, 1.82) is 0 Å². The van der Waals surface area contributed by atoms with Crippen molar-refractivity contribution in [3.8, 4) is 11.3 Å². The molecule has 1 aliphatic carbocycles. The Morgan fingerprint density at radius 2 is 1.88 bits per heavy atom. The summed E-state index contributed by atoms with van der Waals surface area (Å²) in [5.41, 5.74) is -0.757. The SMILES string of the molecule is CC(=O)NC1(c2cc(-c3ccc(F)c(Cl)c3)nc(C(C)(O)CNC(=O)OC(C)(C)C)c2)CCC1. The zero-order chi connectivity index (χ0) is 25.3. The number of carbonyl (C=O) groups is 2. The molecular weight excluding hydrogens is 461 g/mol. The maximum absolute atomic E-state index is 13.8. The standard InChI is InChI=1S/C25H31ClFN3O4/c1-15(31)30-25(9-6-10-25)17-12-20(16-7-8-19(27)18(26)11-16)29-21(13-17)24(5,33)14-28-22(32)34-23(2,3)4/h7-8,11-13,33H,6,9-10,14H2,1-5H3,(H,28,32)(H,30,31). The Bertz CT molecular complexity index is 1090. The van der Waals surface area contributed by atoms with Crippen LogP contribution < -0.4 is 10.6 Å². The minimum Gasteiger partial charge on any atom is -0.444 e. The molecule has 1 aliphatic rings. The number of hydrogen-bond acceptors (Lipinski definition) is 5. The van der Waals surface area contributed by atoms with Gasteiger partial charge in [0.1, 0.15) is 17.0 Å². The highest BCUT2D eigenvalue weighted by molar-refractivity contribution is 6.31. The maximum atomic E-state index is 13.8. The molecule has 0 saturated heterocycles. The van der Waals surface area contributed by atoms with Gasteiger partial charge in [-0.05, 0) is 82.9 Å². The number of nitrogens with one attached hydrogen (secondary N) is 2. The zero-order valence-corrected chi connectivity index (χ0v) is 20.8. The summed E-state index contributed by atoms with van der Waals surface area (Å²) in [6.07, 6.45) is 1.74. The number of carbonyl (C=O) groups excluding carboxylic acids is 2. The average Bonchev–Trinajstić information content (AvgIpc) is 2.69. The van der Waals surface area contributed by atoms with E-state index in [0.717, 1.165) is 24.8 Å². The Kier molecular flexibility index (Phi) is 7.24. The molecule has 1 unspecified atom stereocenters. The monoisotopic (exact) mass is 491 g/mol. The van der Waals surface area contributed by atoms with Crippen LogP contribution in [0, 0.1) is 5.82 Å². The number of hydrogen-bond donors (Lipinski definition) is 3. The smallest absolute Gasteiger partial charge is 0.407 e. The van der Waals surface area contributed by atoms with E-state index in [0.29, 0.717) is 11.3 Å². The number of ether oxygens (including phenoxy) is 1. The van der Waals surface area contributed by atoms with E-state index >= 15 is 0 Å². The second-order valence-electron chi connectivity index (χ2n) is 10.0. The van der Waals surface area contributed by atoms with Gasteiger partial charge in [-0.25, -0.2) is 14.2 Å². The number of aromatic nitrogens is 1. The van der Waals surface area contributed by atoms with Crippen molar-refractivity contribution < 1.29 is 23.8 Å². The maximum Gasteiger partial charge on any atom is 0.407 e. The Morgan fingerprint density at radius 3 is 2.41 bits per heavy atom.